The van der Waals surface area contributed by atoms with E-state index >= 15 is 0 Å². The van der Waals surface area contributed by atoms with Crippen molar-refractivity contribution >= 4 is 16.0 Å². The van der Waals surface area contributed by atoms with E-state index in [0.717, 1.165) is 17.6 Å². The highest BCUT2D eigenvalue weighted by atomic mass is 32.2. The fourth-order valence-electron chi connectivity index (χ4n) is 0.825. The quantitative estimate of drug-likeness (QED) is 0.560. The summed E-state index contributed by atoms with van der Waals surface area (Å²) in [6.07, 6.45) is 2.31. The third-order valence-corrected chi connectivity index (χ3v) is 2.86. The lowest BCUT2D eigenvalue weighted by atomic mass is 10.3. The molecule has 9 heteroatoms. The number of carbonyl (C=O) groups is 1. The molecular formula is C8H14F3NO4S. The van der Waals surface area contributed by atoms with Crippen LogP contribution >= 0.6 is 0 Å². The largest absolute Gasteiger partial charge is 0.511 e. The molecular weight excluding hydrogens is 263 g/mol. The molecule has 0 rings (SSSR count). The Bertz CT molecular complexity index is 339. The van der Waals surface area contributed by atoms with Crippen molar-refractivity contribution in [3.63, 3.8) is 0 Å². The SMILES string of the molecule is CCCCCOC(=O)CNS(=O)(=O)C(F)(F)F. The second-order valence-electron chi connectivity index (χ2n) is 3.20. The van der Waals surface area contributed by atoms with Crippen LogP contribution in [0.5, 0.6) is 0 Å². The average Bonchev–Trinajstić information content (AvgIpc) is 2.20. The van der Waals surface area contributed by atoms with Crippen molar-refractivity contribution in [3.8, 4) is 0 Å². The number of alkyl halides is 3. The van der Waals surface area contributed by atoms with Crippen molar-refractivity contribution in [2.45, 2.75) is 31.7 Å². The smallest absolute Gasteiger partial charge is 0.465 e. The van der Waals surface area contributed by atoms with E-state index in [1.54, 1.807) is 0 Å². The van der Waals surface area contributed by atoms with Crippen molar-refractivity contribution in [3.05, 3.63) is 0 Å². The molecule has 0 heterocycles. The van der Waals surface area contributed by atoms with Gasteiger partial charge in [-0.05, 0) is 6.42 Å². The molecule has 0 radical (unpaired) electrons. The molecule has 0 amide bonds. The summed E-state index contributed by atoms with van der Waals surface area (Å²) in [7, 11) is -5.48. The van der Waals surface area contributed by atoms with Gasteiger partial charge in [-0.3, -0.25) is 4.79 Å². The van der Waals surface area contributed by atoms with Gasteiger partial charge in [0.05, 0.1) is 6.61 Å². The van der Waals surface area contributed by atoms with Crippen molar-refractivity contribution < 1.29 is 31.1 Å². The summed E-state index contributed by atoms with van der Waals surface area (Å²) in [6.45, 7) is 0.980. The predicted molar refractivity (Wildman–Crippen MR) is 53.5 cm³/mol. The van der Waals surface area contributed by atoms with E-state index in [-0.39, 0.29) is 6.61 Å². The third-order valence-electron chi connectivity index (χ3n) is 1.72. The molecule has 5 nitrogen and oxygen atoms in total. The van der Waals surface area contributed by atoms with Gasteiger partial charge in [0.2, 0.25) is 0 Å². The summed E-state index contributed by atoms with van der Waals surface area (Å²) >= 11 is 0. The highest BCUT2D eigenvalue weighted by Gasteiger charge is 2.45. The number of unbranched alkanes of at least 4 members (excludes halogenated alkanes) is 2. The zero-order valence-electron chi connectivity index (χ0n) is 9.21. The number of sulfonamides is 1. The summed E-state index contributed by atoms with van der Waals surface area (Å²) in [5.74, 6) is -1.03. The highest BCUT2D eigenvalue weighted by molar-refractivity contribution is 7.90. The molecule has 0 fully saturated rings. The number of hydrogen-bond acceptors (Lipinski definition) is 4. The monoisotopic (exact) mass is 277 g/mol. The van der Waals surface area contributed by atoms with Crippen LogP contribution in [0, 0.1) is 0 Å². The van der Waals surface area contributed by atoms with E-state index in [9.17, 15) is 26.4 Å². The van der Waals surface area contributed by atoms with Gasteiger partial charge in [-0.1, -0.05) is 19.8 Å². The highest BCUT2D eigenvalue weighted by Crippen LogP contribution is 2.21. The van der Waals surface area contributed by atoms with Crippen molar-refractivity contribution in [2.24, 2.45) is 0 Å². The minimum atomic E-state index is -5.48. The van der Waals surface area contributed by atoms with Crippen LogP contribution in [0.4, 0.5) is 13.2 Å². The standard InChI is InChI=1S/C8H14F3NO4S/c1-2-3-4-5-16-7(13)6-12-17(14,15)8(9,10)11/h12H,2-6H2,1H3. The Morgan fingerprint density at radius 1 is 1.29 bits per heavy atom. The van der Waals surface area contributed by atoms with Gasteiger partial charge in [0.15, 0.2) is 0 Å². The first-order valence-corrected chi connectivity index (χ1v) is 6.40. The maximum absolute atomic E-state index is 11.8. The number of ether oxygens (including phenoxy) is 1. The molecule has 0 saturated heterocycles. The number of carbonyl (C=O) groups excluding carboxylic acids is 1. The normalized spacial score (nSPS) is 12.5. The van der Waals surface area contributed by atoms with E-state index in [4.69, 9.17) is 0 Å². The Morgan fingerprint density at radius 2 is 1.88 bits per heavy atom. The Kier molecular flexibility index (Phi) is 6.46. The molecule has 0 aromatic heterocycles. The second kappa shape index (κ2) is 6.80. The van der Waals surface area contributed by atoms with Crippen LogP contribution in [0.3, 0.4) is 0 Å². The fraction of sp³-hybridized carbons (Fsp3) is 0.875. The van der Waals surface area contributed by atoms with Crippen LogP contribution in [-0.2, 0) is 19.6 Å². The Labute approximate surface area is 97.4 Å². The van der Waals surface area contributed by atoms with Gasteiger partial charge in [-0.25, -0.2) is 8.42 Å². The summed E-state index contributed by atoms with van der Waals surface area (Å²) < 4.78 is 62.1. The van der Waals surface area contributed by atoms with E-state index in [0.29, 0.717) is 6.42 Å². The first-order chi connectivity index (χ1) is 7.70. The van der Waals surface area contributed by atoms with E-state index in [2.05, 4.69) is 4.74 Å². The fourth-order valence-corrected chi connectivity index (χ4v) is 1.30. The molecule has 0 aliphatic rings. The first-order valence-electron chi connectivity index (χ1n) is 4.92. The van der Waals surface area contributed by atoms with E-state index in [1.165, 1.54) is 0 Å². The molecule has 0 aliphatic carbocycles. The maximum Gasteiger partial charge on any atom is 0.511 e. The first kappa shape index (κ1) is 16.2. The lowest BCUT2D eigenvalue weighted by Crippen LogP contribution is -2.39. The lowest BCUT2D eigenvalue weighted by molar-refractivity contribution is -0.142. The minimum absolute atomic E-state index is 0.0699. The summed E-state index contributed by atoms with van der Waals surface area (Å²) in [5, 5.41) is 0. The van der Waals surface area contributed by atoms with Crippen LogP contribution in [0.25, 0.3) is 0 Å². The second-order valence-corrected chi connectivity index (χ2v) is 4.96. The molecule has 0 saturated carbocycles. The number of esters is 1. The molecule has 0 aliphatic heterocycles. The summed E-state index contributed by atoms with van der Waals surface area (Å²) in [4.78, 5) is 10.9. The maximum atomic E-state index is 11.8. The van der Waals surface area contributed by atoms with Gasteiger partial charge in [-0.15, -0.1) is 0 Å². The van der Waals surface area contributed by atoms with Crippen molar-refractivity contribution in [1.29, 1.82) is 0 Å². The van der Waals surface area contributed by atoms with Gasteiger partial charge in [0.1, 0.15) is 6.54 Å². The molecule has 0 unspecified atom stereocenters. The summed E-state index contributed by atoms with van der Waals surface area (Å²) in [6, 6.07) is 0. The van der Waals surface area contributed by atoms with Gasteiger partial charge in [-0.2, -0.15) is 17.9 Å². The number of halogens is 3. The van der Waals surface area contributed by atoms with Crippen LogP contribution in [0.1, 0.15) is 26.2 Å². The molecule has 0 atom stereocenters. The van der Waals surface area contributed by atoms with Gasteiger partial charge in [0.25, 0.3) is 0 Å². The molecule has 102 valence electrons. The van der Waals surface area contributed by atoms with Crippen molar-refractivity contribution in [1.82, 2.24) is 4.72 Å². The number of nitrogens with one attached hydrogen (secondary N) is 1. The van der Waals surface area contributed by atoms with E-state index in [1.807, 2.05) is 6.92 Å². The van der Waals surface area contributed by atoms with E-state index < -0.39 is 28.0 Å². The zero-order valence-corrected chi connectivity index (χ0v) is 10.0. The molecule has 1 N–H and O–H groups in total. The Balaban J connectivity index is 3.93. The lowest BCUT2D eigenvalue weighted by Gasteiger charge is -2.09. The summed E-state index contributed by atoms with van der Waals surface area (Å²) in [5.41, 5.74) is -5.42. The topological polar surface area (TPSA) is 72.5 Å². The molecule has 0 bridgehead atoms. The molecule has 0 spiro atoms. The number of rotatable bonds is 7. The van der Waals surface area contributed by atoms with Crippen LogP contribution in [-0.4, -0.2) is 33.0 Å². The zero-order chi connectivity index (χ0) is 13.5. The predicted octanol–water partition coefficient (Wildman–Crippen LogP) is 1.16. The third kappa shape index (κ3) is 6.47. The molecule has 0 aromatic rings. The number of hydrogen-bond donors (Lipinski definition) is 1. The van der Waals surface area contributed by atoms with Crippen LogP contribution < -0.4 is 4.72 Å². The minimum Gasteiger partial charge on any atom is -0.465 e. The van der Waals surface area contributed by atoms with Crippen molar-refractivity contribution in [2.75, 3.05) is 13.2 Å². The Morgan fingerprint density at radius 3 is 2.35 bits per heavy atom. The van der Waals surface area contributed by atoms with Gasteiger partial charge in [0, 0.05) is 0 Å². The Hall–Kier alpha value is -0.830. The average molecular weight is 277 g/mol. The van der Waals surface area contributed by atoms with Crippen LogP contribution in [0.2, 0.25) is 0 Å². The van der Waals surface area contributed by atoms with Crippen LogP contribution in [0.15, 0.2) is 0 Å². The van der Waals surface area contributed by atoms with Gasteiger partial charge >= 0.3 is 21.5 Å². The van der Waals surface area contributed by atoms with Gasteiger partial charge < -0.3 is 4.74 Å². The molecule has 17 heavy (non-hydrogen) atoms. The molecule has 0 aromatic carbocycles.